The highest BCUT2D eigenvalue weighted by atomic mass is 32.2. The van der Waals surface area contributed by atoms with Crippen LogP contribution in [0.25, 0.3) is 0 Å². The van der Waals surface area contributed by atoms with Crippen molar-refractivity contribution < 1.29 is 13.2 Å². The van der Waals surface area contributed by atoms with Crippen molar-refractivity contribution in [2.45, 2.75) is 18.4 Å². The topological polar surface area (TPSA) is 69.7 Å². The minimum atomic E-state index is -3.44. The standard InChI is InChI=1S/C25H27N3O3S/c1-20-7-13-23(14-8-20)26-25(29)22-11-9-21(10-12-22)19-27-15-17-28(18-16-27)32(30,31)24-5-3-2-4-6-24/h2-14H,15-19H2,1H3,(H,26,29). The molecule has 32 heavy (non-hydrogen) atoms. The number of hydrogen-bond acceptors (Lipinski definition) is 4. The second-order valence-electron chi connectivity index (χ2n) is 8.01. The summed E-state index contributed by atoms with van der Waals surface area (Å²) in [5.41, 5.74) is 3.61. The fourth-order valence-electron chi connectivity index (χ4n) is 3.73. The number of amides is 1. The van der Waals surface area contributed by atoms with Crippen molar-refractivity contribution in [3.63, 3.8) is 0 Å². The van der Waals surface area contributed by atoms with E-state index in [1.807, 2.05) is 61.5 Å². The number of carbonyl (C=O) groups is 1. The van der Waals surface area contributed by atoms with Crippen LogP contribution < -0.4 is 5.32 Å². The SMILES string of the molecule is Cc1ccc(NC(=O)c2ccc(CN3CCN(S(=O)(=O)c4ccccc4)CC3)cc2)cc1. The van der Waals surface area contributed by atoms with Crippen molar-refractivity contribution in [2.24, 2.45) is 0 Å². The Hall–Kier alpha value is -3.00. The van der Waals surface area contributed by atoms with E-state index in [9.17, 15) is 13.2 Å². The average molecular weight is 450 g/mol. The zero-order chi connectivity index (χ0) is 22.6. The number of benzene rings is 3. The first-order valence-electron chi connectivity index (χ1n) is 10.7. The molecule has 3 aromatic carbocycles. The molecule has 1 aliphatic heterocycles. The quantitative estimate of drug-likeness (QED) is 0.622. The summed E-state index contributed by atoms with van der Waals surface area (Å²) in [5, 5.41) is 2.91. The summed E-state index contributed by atoms with van der Waals surface area (Å²) >= 11 is 0. The van der Waals surface area contributed by atoms with Gasteiger partial charge in [-0.05, 0) is 48.9 Å². The predicted octanol–water partition coefficient (Wildman–Crippen LogP) is 3.75. The normalized spacial score (nSPS) is 15.4. The first-order valence-corrected chi connectivity index (χ1v) is 12.1. The Balaban J connectivity index is 1.31. The van der Waals surface area contributed by atoms with Crippen molar-refractivity contribution in [2.75, 3.05) is 31.5 Å². The van der Waals surface area contributed by atoms with Gasteiger partial charge in [-0.1, -0.05) is 48.0 Å². The molecule has 0 radical (unpaired) electrons. The van der Waals surface area contributed by atoms with Gasteiger partial charge in [0.1, 0.15) is 0 Å². The van der Waals surface area contributed by atoms with Crippen molar-refractivity contribution in [1.29, 1.82) is 0 Å². The molecule has 7 heteroatoms. The van der Waals surface area contributed by atoms with Gasteiger partial charge in [-0.2, -0.15) is 4.31 Å². The Labute approximate surface area is 189 Å². The summed E-state index contributed by atoms with van der Waals surface area (Å²) in [4.78, 5) is 15.0. The highest BCUT2D eigenvalue weighted by Crippen LogP contribution is 2.18. The minimum absolute atomic E-state index is 0.139. The maximum atomic E-state index is 12.8. The van der Waals surface area contributed by atoms with Gasteiger partial charge in [-0.15, -0.1) is 0 Å². The molecule has 4 rings (SSSR count). The fraction of sp³-hybridized carbons (Fsp3) is 0.240. The third-order valence-electron chi connectivity index (χ3n) is 5.64. The zero-order valence-electron chi connectivity index (χ0n) is 18.1. The Morgan fingerprint density at radius 2 is 1.47 bits per heavy atom. The number of rotatable bonds is 6. The lowest BCUT2D eigenvalue weighted by molar-refractivity contribution is 0.102. The number of carbonyl (C=O) groups excluding carboxylic acids is 1. The Morgan fingerprint density at radius 1 is 0.844 bits per heavy atom. The maximum Gasteiger partial charge on any atom is 0.255 e. The van der Waals surface area contributed by atoms with E-state index < -0.39 is 10.0 Å². The van der Waals surface area contributed by atoms with Crippen molar-refractivity contribution in [3.05, 3.63) is 95.6 Å². The highest BCUT2D eigenvalue weighted by molar-refractivity contribution is 7.89. The Bertz CT molecular complexity index is 1150. The van der Waals surface area contributed by atoms with Gasteiger partial charge in [0.25, 0.3) is 5.91 Å². The van der Waals surface area contributed by atoms with Crippen LogP contribution in [-0.4, -0.2) is 49.7 Å². The minimum Gasteiger partial charge on any atom is -0.322 e. The summed E-state index contributed by atoms with van der Waals surface area (Å²) in [5.74, 6) is -0.139. The van der Waals surface area contributed by atoms with Crippen LogP contribution >= 0.6 is 0 Å². The van der Waals surface area contributed by atoms with Crippen LogP contribution in [0.15, 0.2) is 83.8 Å². The van der Waals surface area contributed by atoms with Gasteiger partial charge < -0.3 is 5.32 Å². The number of hydrogen-bond donors (Lipinski definition) is 1. The molecule has 0 atom stereocenters. The van der Waals surface area contributed by atoms with E-state index in [2.05, 4.69) is 10.2 Å². The molecule has 6 nitrogen and oxygen atoms in total. The van der Waals surface area contributed by atoms with Crippen LogP contribution in [0.1, 0.15) is 21.5 Å². The summed E-state index contributed by atoms with van der Waals surface area (Å²) in [6.07, 6.45) is 0. The van der Waals surface area contributed by atoms with Gasteiger partial charge in [-0.25, -0.2) is 8.42 Å². The van der Waals surface area contributed by atoms with Crippen LogP contribution in [-0.2, 0) is 16.6 Å². The molecule has 1 saturated heterocycles. The van der Waals surface area contributed by atoms with Gasteiger partial charge in [0.2, 0.25) is 10.0 Å². The van der Waals surface area contributed by atoms with E-state index in [-0.39, 0.29) is 5.91 Å². The molecule has 0 aromatic heterocycles. The number of sulfonamides is 1. The van der Waals surface area contributed by atoms with Crippen LogP contribution in [0.2, 0.25) is 0 Å². The van der Waals surface area contributed by atoms with E-state index in [1.54, 1.807) is 28.6 Å². The number of piperazine rings is 1. The van der Waals surface area contributed by atoms with Gasteiger partial charge >= 0.3 is 0 Å². The first-order chi connectivity index (χ1) is 15.4. The van der Waals surface area contributed by atoms with E-state index in [0.29, 0.717) is 36.6 Å². The molecule has 0 saturated carbocycles. The highest BCUT2D eigenvalue weighted by Gasteiger charge is 2.28. The van der Waals surface area contributed by atoms with Crippen LogP contribution in [0.3, 0.4) is 0 Å². The fourth-order valence-corrected chi connectivity index (χ4v) is 5.17. The molecule has 1 aliphatic rings. The van der Waals surface area contributed by atoms with E-state index in [4.69, 9.17) is 0 Å². The van der Waals surface area contributed by atoms with Crippen molar-refractivity contribution >= 4 is 21.6 Å². The Morgan fingerprint density at radius 3 is 2.09 bits per heavy atom. The van der Waals surface area contributed by atoms with Crippen molar-refractivity contribution in [3.8, 4) is 0 Å². The molecule has 3 aromatic rings. The summed E-state index contributed by atoms with van der Waals surface area (Å²) in [6, 6.07) is 23.8. The summed E-state index contributed by atoms with van der Waals surface area (Å²) in [6.45, 7) is 5.00. The smallest absolute Gasteiger partial charge is 0.255 e. The van der Waals surface area contributed by atoms with Crippen LogP contribution in [0.4, 0.5) is 5.69 Å². The van der Waals surface area contributed by atoms with Gasteiger partial charge in [0.15, 0.2) is 0 Å². The van der Waals surface area contributed by atoms with E-state index in [0.717, 1.165) is 23.4 Å². The molecule has 1 heterocycles. The molecule has 1 N–H and O–H groups in total. The summed E-state index contributed by atoms with van der Waals surface area (Å²) < 4.78 is 27.1. The lowest BCUT2D eigenvalue weighted by atomic mass is 10.1. The van der Waals surface area contributed by atoms with Crippen LogP contribution in [0.5, 0.6) is 0 Å². The predicted molar refractivity (Wildman–Crippen MR) is 126 cm³/mol. The Kier molecular flexibility index (Phi) is 6.69. The molecule has 1 amide bonds. The third kappa shape index (κ3) is 5.24. The second-order valence-corrected chi connectivity index (χ2v) is 9.95. The van der Waals surface area contributed by atoms with Gasteiger partial charge in [-0.3, -0.25) is 9.69 Å². The third-order valence-corrected chi connectivity index (χ3v) is 7.56. The van der Waals surface area contributed by atoms with E-state index >= 15 is 0 Å². The molecule has 0 spiro atoms. The van der Waals surface area contributed by atoms with Gasteiger partial charge in [0, 0.05) is 44.0 Å². The molecule has 0 unspecified atom stereocenters. The number of nitrogens with one attached hydrogen (secondary N) is 1. The first kappa shape index (κ1) is 22.2. The molecular formula is C25H27N3O3S. The van der Waals surface area contributed by atoms with Crippen molar-refractivity contribution in [1.82, 2.24) is 9.21 Å². The number of anilines is 1. The second kappa shape index (κ2) is 9.65. The largest absolute Gasteiger partial charge is 0.322 e. The lowest BCUT2D eigenvalue weighted by Gasteiger charge is -2.34. The zero-order valence-corrected chi connectivity index (χ0v) is 18.9. The summed E-state index contributed by atoms with van der Waals surface area (Å²) in [7, 11) is -3.44. The monoisotopic (exact) mass is 449 g/mol. The van der Waals surface area contributed by atoms with E-state index in [1.165, 1.54) is 0 Å². The molecular weight excluding hydrogens is 422 g/mol. The molecule has 0 aliphatic carbocycles. The molecule has 0 bridgehead atoms. The van der Waals surface area contributed by atoms with Crippen LogP contribution in [0, 0.1) is 6.92 Å². The van der Waals surface area contributed by atoms with Gasteiger partial charge in [0.05, 0.1) is 4.90 Å². The molecule has 1 fully saturated rings. The lowest BCUT2D eigenvalue weighted by Crippen LogP contribution is -2.48. The average Bonchev–Trinajstić information content (AvgIpc) is 2.82. The molecule has 166 valence electrons. The maximum absolute atomic E-state index is 12.8. The number of nitrogens with zero attached hydrogens (tertiary/aromatic N) is 2. The number of aryl methyl sites for hydroxylation is 1.